The summed E-state index contributed by atoms with van der Waals surface area (Å²) in [5, 5.41) is 9.14. The Morgan fingerprint density at radius 3 is 2.57 bits per heavy atom. The number of aromatic nitrogens is 1. The highest BCUT2D eigenvalue weighted by Gasteiger charge is 2.38. The van der Waals surface area contributed by atoms with Crippen LogP contribution in [0.5, 0.6) is 0 Å². The summed E-state index contributed by atoms with van der Waals surface area (Å²) in [6.07, 6.45) is 1.44. The van der Waals surface area contributed by atoms with Crippen LogP contribution in [0, 0.1) is 6.92 Å². The van der Waals surface area contributed by atoms with Gasteiger partial charge >= 0.3 is 5.97 Å². The minimum Gasteiger partial charge on any atom is -0.478 e. The molecule has 1 aromatic carbocycles. The summed E-state index contributed by atoms with van der Waals surface area (Å²) in [7, 11) is 0. The normalized spacial score (nSPS) is 13.5. The van der Waals surface area contributed by atoms with Gasteiger partial charge in [0.2, 0.25) is 0 Å². The number of imide groups is 1. The molecular formula is C15H10N2O4. The van der Waals surface area contributed by atoms with Crippen LogP contribution in [0.1, 0.15) is 36.8 Å². The summed E-state index contributed by atoms with van der Waals surface area (Å²) in [6, 6.07) is 7.58. The third-order valence-corrected chi connectivity index (χ3v) is 3.42. The second-order valence-corrected chi connectivity index (χ2v) is 4.60. The van der Waals surface area contributed by atoms with Crippen molar-refractivity contribution >= 4 is 23.5 Å². The lowest BCUT2D eigenvalue weighted by Gasteiger charge is -2.17. The average Bonchev–Trinajstić information content (AvgIpc) is 2.72. The van der Waals surface area contributed by atoms with Crippen LogP contribution in [0.2, 0.25) is 0 Å². The molecule has 1 N–H and O–H groups in total. The van der Waals surface area contributed by atoms with Crippen molar-refractivity contribution in [3.05, 3.63) is 58.9 Å². The summed E-state index contributed by atoms with van der Waals surface area (Å²) in [5.41, 5.74) is 0.990. The van der Waals surface area contributed by atoms with Crippen molar-refractivity contribution < 1.29 is 19.5 Å². The van der Waals surface area contributed by atoms with Crippen LogP contribution in [0.3, 0.4) is 0 Å². The monoisotopic (exact) mass is 282 g/mol. The van der Waals surface area contributed by atoms with E-state index in [1.54, 1.807) is 19.1 Å². The molecule has 104 valence electrons. The fourth-order valence-electron chi connectivity index (χ4n) is 2.38. The first kappa shape index (κ1) is 13.0. The number of anilines is 1. The molecular weight excluding hydrogens is 272 g/mol. The third kappa shape index (κ3) is 1.80. The molecule has 0 atom stereocenters. The lowest BCUT2D eigenvalue weighted by Crippen LogP contribution is -2.30. The number of amides is 2. The number of rotatable bonds is 2. The Balaban J connectivity index is 2.16. The highest BCUT2D eigenvalue weighted by atomic mass is 16.4. The quantitative estimate of drug-likeness (QED) is 0.850. The van der Waals surface area contributed by atoms with E-state index in [2.05, 4.69) is 4.98 Å². The first-order valence-electron chi connectivity index (χ1n) is 6.19. The Labute approximate surface area is 119 Å². The Hall–Kier alpha value is -3.02. The minimum atomic E-state index is -1.11. The molecule has 1 aliphatic heterocycles. The number of aromatic carboxylic acids is 1. The molecule has 6 heteroatoms. The van der Waals surface area contributed by atoms with E-state index >= 15 is 0 Å². The molecule has 0 fully saturated rings. The van der Waals surface area contributed by atoms with Gasteiger partial charge in [-0.2, -0.15) is 0 Å². The van der Waals surface area contributed by atoms with E-state index < -0.39 is 17.8 Å². The molecule has 2 aromatic rings. The number of hydrogen-bond acceptors (Lipinski definition) is 4. The van der Waals surface area contributed by atoms with Crippen molar-refractivity contribution in [1.29, 1.82) is 0 Å². The Morgan fingerprint density at radius 1 is 1.14 bits per heavy atom. The lowest BCUT2D eigenvalue weighted by molar-refractivity contribution is 0.0695. The van der Waals surface area contributed by atoms with Crippen LogP contribution in [0.15, 0.2) is 36.5 Å². The minimum absolute atomic E-state index is 0.0528. The highest BCUT2D eigenvalue weighted by Crippen LogP contribution is 2.30. The van der Waals surface area contributed by atoms with Crippen LogP contribution in [0.25, 0.3) is 0 Å². The summed E-state index contributed by atoms with van der Waals surface area (Å²) >= 11 is 0. The summed E-state index contributed by atoms with van der Waals surface area (Å²) in [6.45, 7) is 1.57. The number of nitrogens with zero attached hydrogens (tertiary/aromatic N) is 2. The molecule has 6 nitrogen and oxygen atoms in total. The smallest absolute Gasteiger partial charge is 0.336 e. The molecule has 0 saturated carbocycles. The zero-order chi connectivity index (χ0) is 15.1. The zero-order valence-electron chi connectivity index (χ0n) is 11.0. The van der Waals surface area contributed by atoms with Gasteiger partial charge in [0, 0.05) is 6.20 Å². The molecule has 0 unspecified atom stereocenters. The standard InChI is InChI=1S/C15H10N2O4/c1-8-9(15(20)21)4-2-6-11(8)17-13(18)10-5-3-7-16-12(10)14(17)19/h2-7H,1H3,(H,20,21). The molecule has 0 radical (unpaired) electrons. The lowest BCUT2D eigenvalue weighted by atomic mass is 10.1. The van der Waals surface area contributed by atoms with E-state index in [1.807, 2.05) is 0 Å². The molecule has 1 aromatic heterocycles. The predicted octanol–water partition coefficient (Wildman–Crippen LogP) is 1.89. The van der Waals surface area contributed by atoms with Gasteiger partial charge in [0.25, 0.3) is 11.8 Å². The average molecular weight is 282 g/mol. The number of carboxylic acids is 1. The highest BCUT2D eigenvalue weighted by molar-refractivity contribution is 6.34. The van der Waals surface area contributed by atoms with Crippen LogP contribution < -0.4 is 4.90 Å². The Bertz CT molecular complexity index is 763. The third-order valence-electron chi connectivity index (χ3n) is 3.42. The number of carbonyl (C=O) groups excluding carboxylic acids is 2. The van der Waals surface area contributed by atoms with Crippen LogP contribution in [0.4, 0.5) is 5.69 Å². The zero-order valence-corrected chi connectivity index (χ0v) is 11.0. The maximum Gasteiger partial charge on any atom is 0.336 e. The first-order valence-corrected chi connectivity index (χ1v) is 6.19. The van der Waals surface area contributed by atoms with E-state index in [4.69, 9.17) is 5.11 Å². The van der Waals surface area contributed by atoms with Crippen LogP contribution >= 0.6 is 0 Å². The maximum atomic E-state index is 12.4. The van der Waals surface area contributed by atoms with E-state index in [0.717, 1.165) is 4.90 Å². The SMILES string of the molecule is Cc1c(C(=O)O)cccc1N1C(=O)c2cccnc2C1=O. The second kappa shape index (κ2) is 4.52. The summed E-state index contributed by atoms with van der Waals surface area (Å²) in [4.78, 5) is 40.8. The number of carboxylic acid groups (broad SMARTS) is 1. The number of benzene rings is 1. The maximum absolute atomic E-state index is 12.4. The topological polar surface area (TPSA) is 87.6 Å². The van der Waals surface area contributed by atoms with E-state index in [-0.39, 0.29) is 22.5 Å². The van der Waals surface area contributed by atoms with Gasteiger partial charge in [0.05, 0.1) is 16.8 Å². The van der Waals surface area contributed by atoms with E-state index in [1.165, 1.54) is 24.4 Å². The van der Waals surface area contributed by atoms with Gasteiger partial charge in [-0.1, -0.05) is 6.07 Å². The Kier molecular flexibility index (Phi) is 2.79. The van der Waals surface area contributed by atoms with Gasteiger partial charge in [0.15, 0.2) is 0 Å². The van der Waals surface area contributed by atoms with Crippen molar-refractivity contribution in [1.82, 2.24) is 4.98 Å². The molecule has 1 aliphatic rings. The number of carbonyl (C=O) groups is 3. The van der Waals surface area contributed by atoms with Gasteiger partial charge in [-0.15, -0.1) is 0 Å². The molecule has 0 spiro atoms. The van der Waals surface area contributed by atoms with Crippen molar-refractivity contribution in [2.24, 2.45) is 0 Å². The summed E-state index contributed by atoms with van der Waals surface area (Å²) < 4.78 is 0. The fraction of sp³-hybridized carbons (Fsp3) is 0.0667. The molecule has 0 aliphatic carbocycles. The van der Waals surface area contributed by atoms with Gasteiger partial charge in [-0.3, -0.25) is 14.6 Å². The fourth-order valence-corrected chi connectivity index (χ4v) is 2.38. The van der Waals surface area contributed by atoms with Crippen LogP contribution in [-0.4, -0.2) is 27.9 Å². The van der Waals surface area contributed by atoms with Gasteiger partial charge in [-0.25, -0.2) is 9.69 Å². The van der Waals surface area contributed by atoms with Gasteiger partial charge < -0.3 is 5.11 Å². The Morgan fingerprint density at radius 2 is 1.90 bits per heavy atom. The number of fused-ring (bicyclic) bond motifs is 1. The van der Waals surface area contributed by atoms with Crippen molar-refractivity contribution in [2.75, 3.05) is 4.90 Å². The van der Waals surface area contributed by atoms with Gasteiger partial charge in [-0.05, 0) is 36.8 Å². The molecule has 0 bridgehead atoms. The molecule has 21 heavy (non-hydrogen) atoms. The van der Waals surface area contributed by atoms with Crippen molar-refractivity contribution in [2.45, 2.75) is 6.92 Å². The summed E-state index contributed by atoms with van der Waals surface area (Å²) in [5.74, 6) is -2.14. The van der Waals surface area contributed by atoms with Gasteiger partial charge in [0.1, 0.15) is 5.69 Å². The number of hydrogen-bond donors (Lipinski definition) is 1. The second-order valence-electron chi connectivity index (χ2n) is 4.60. The predicted molar refractivity (Wildman–Crippen MR) is 73.5 cm³/mol. The van der Waals surface area contributed by atoms with Crippen molar-refractivity contribution in [3.63, 3.8) is 0 Å². The molecule has 2 amide bonds. The number of pyridine rings is 1. The largest absolute Gasteiger partial charge is 0.478 e. The van der Waals surface area contributed by atoms with E-state index in [0.29, 0.717) is 5.56 Å². The van der Waals surface area contributed by atoms with E-state index in [9.17, 15) is 14.4 Å². The molecule has 0 saturated heterocycles. The van der Waals surface area contributed by atoms with Crippen LogP contribution in [-0.2, 0) is 0 Å². The first-order chi connectivity index (χ1) is 10.0. The molecule has 2 heterocycles. The van der Waals surface area contributed by atoms with Crippen molar-refractivity contribution in [3.8, 4) is 0 Å². The molecule has 3 rings (SSSR count).